The second kappa shape index (κ2) is 33.3. The maximum Gasteiger partial charge on any atom is 0.242 e. The molecule has 0 rings (SSSR count). The first kappa shape index (κ1) is 41.4. The van der Waals surface area contributed by atoms with Crippen LogP contribution in [0.3, 0.4) is 0 Å². The van der Waals surface area contributed by atoms with Crippen LogP contribution in [0.5, 0.6) is 0 Å². The van der Waals surface area contributed by atoms with Crippen molar-refractivity contribution in [3.05, 3.63) is 0 Å². The van der Waals surface area contributed by atoms with E-state index >= 15 is 0 Å². The van der Waals surface area contributed by atoms with Gasteiger partial charge in [-0.25, -0.2) is 0 Å². The molecule has 43 heavy (non-hydrogen) atoms. The van der Waals surface area contributed by atoms with Crippen molar-refractivity contribution in [2.45, 2.75) is 207 Å². The molecule has 3 N–H and O–H groups in total. The fourth-order valence-electron chi connectivity index (χ4n) is 5.60. The quantitative estimate of drug-likeness (QED) is 0.0649. The fraction of sp³-hybridized carbons (Fsp3) is 0.919. The SMILES string of the molecule is CCCCCCCCCCCCCC(=O)NCCCC[C@H](NC(=O)CCCCCCCCCCCCC)C(=O)NCCC. The third-order valence-electron chi connectivity index (χ3n) is 8.46. The second-order valence-corrected chi connectivity index (χ2v) is 12.8. The molecule has 0 aromatic rings. The van der Waals surface area contributed by atoms with Gasteiger partial charge in [0.05, 0.1) is 0 Å². The molecule has 0 aliphatic heterocycles. The molecule has 0 fully saturated rings. The van der Waals surface area contributed by atoms with Gasteiger partial charge in [-0.2, -0.15) is 0 Å². The molecule has 0 radical (unpaired) electrons. The molecule has 6 nitrogen and oxygen atoms in total. The molecular formula is C37H73N3O3. The van der Waals surface area contributed by atoms with Crippen LogP contribution in [0.4, 0.5) is 0 Å². The highest BCUT2D eigenvalue weighted by Crippen LogP contribution is 2.13. The van der Waals surface area contributed by atoms with Crippen molar-refractivity contribution >= 4 is 17.7 Å². The predicted molar refractivity (Wildman–Crippen MR) is 184 cm³/mol. The summed E-state index contributed by atoms with van der Waals surface area (Å²) in [5.41, 5.74) is 0. The Kier molecular flexibility index (Phi) is 32.1. The minimum atomic E-state index is -0.487. The number of carbonyl (C=O) groups excluding carboxylic acids is 3. The topological polar surface area (TPSA) is 87.3 Å². The number of unbranched alkanes of at least 4 members (excludes halogenated alkanes) is 21. The summed E-state index contributed by atoms with van der Waals surface area (Å²) in [7, 11) is 0. The lowest BCUT2D eigenvalue weighted by Crippen LogP contribution is -2.46. The molecule has 254 valence electrons. The van der Waals surface area contributed by atoms with Crippen LogP contribution in [0.15, 0.2) is 0 Å². The number of hydrogen-bond acceptors (Lipinski definition) is 3. The van der Waals surface area contributed by atoms with Gasteiger partial charge in [0.25, 0.3) is 0 Å². The monoisotopic (exact) mass is 608 g/mol. The van der Waals surface area contributed by atoms with Gasteiger partial charge in [0, 0.05) is 25.9 Å². The summed E-state index contributed by atoms with van der Waals surface area (Å²) in [5.74, 6) is 0.0240. The Morgan fingerprint density at radius 2 is 0.837 bits per heavy atom. The normalized spacial score (nSPS) is 11.8. The predicted octanol–water partition coefficient (Wildman–Crippen LogP) is 9.69. The molecule has 0 saturated carbocycles. The molecule has 0 heterocycles. The molecule has 0 unspecified atom stereocenters. The van der Waals surface area contributed by atoms with Gasteiger partial charge in [-0.15, -0.1) is 0 Å². The van der Waals surface area contributed by atoms with Crippen molar-refractivity contribution in [2.75, 3.05) is 13.1 Å². The summed E-state index contributed by atoms with van der Waals surface area (Å²) in [6.07, 6.45) is 32.1. The van der Waals surface area contributed by atoms with Crippen LogP contribution in [-0.2, 0) is 14.4 Å². The minimum absolute atomic E-state index is 0.0205. The van der Waals surface area contributed by atoms with Crippen molar-refractivity contribution in [1.29, 1.82) is 0 Å². The maximum atomic E-state index is 12.7. The van der Waals surface area contributed by atoms with Crippen molar-refractivity contribution < 1.29 is 14.4 Å². The van der Waals surface area contributed by atoms with Gasteiger partial charge in [-0.05, 0) is 38.5 Å². The first-order chi connectivity index (χ1) is 21.0. The summed E-state index contributed by atoms with van der Waals surface area (Å²) in [6, 6.07) is -0.487. The highest BCUT2D eigenvalue weighted by atomic mass is 16.2. The van der Waals surface area contributed by atoms with Gasteiger partial charge in [0.1, 0.15) is 6.04 Å². The molecule has 0 spiro atoms. The van der Waals surface area contributed by atoms with Crippen LogP contribution in [0.25, 0.3) is 0 Å². The van der Waals surface area contributed by atoms with Crippen LogP contribution in [-0.4, -0.2) is 36.9 Å². The summed E-state index contributed by atoms with van der Waals surface area (Å²) < 4.78 is 0. The Hall–Kier alpha value is -1.59. The lowest BCUT2D eigenvalue weighted by Gasteiger charge is -2.18. The summed E-state index contributed by atoms with van der Waals surface area (Å²) >= 11 is 0. The van der Waals surface area contributed by atoms with Gasteiger partial charge >= 0.3 is 0 Å². The van der Waals surface area contributed by atoms with E-state index in [9.17, 15) is 14.4 Å². The average Bonchev–Trinajstić information content (AvgIpc) is 3.00. The Morgan fingerprint density at radius 3 is 1.28 bits per heavy atom. The lowest BCUT2D eigenvalue weighted by molar-refractivity contribution is -0.129. The van der Waals surface area contributed by atoms with Crippen LogP contribution >= 0.6 is 0 Å². The number of nitrogens with one attached hydrogen (secondary N) is 3. The van der Waals surface area contributed by atoms with E-state index < -0.39 is 6.04 Å². The van der Waals surface area contributed by atoms with Crippen molar-refractivity contribution in [2.24, 2.45) is 0 Å². The highest BCUT2D eigenvalue weighted by Gasteiger charge is 2.19. The largest absolute Gasteiger partial charge is 0.356 e. The zero-order chi connectivity index (χ0) is 31.6. The average molecular weight is 608 g/mol. The summed E-state index contributed by atoms with van der Waals surface area (Å²) in [5, 5.41) is 8.96. The third kappa shape index (κ3) is 30.2. The fourth-order valence-corrected chi connectivity index (χ4v) is 5.60. The van der Waals surface area contributed by atoms with Crippen LogP contribution in [0.2, 0.25) is 0 Å². The number of hydrogen-bond donors (Lipinski definition) is 3. The number of amides is 3. The van der Waals surface area contributed by atoms with Crippen LogP contribution in [0, 0.1) is 0 Å². The second-order valence-electron chi connectivity index (χ2n) is 12.8. The molecular weight excluding hydrogens is 534 g/mol. The van der Waals surface area contributed by atoms with Crippen LogP contribution < -0.4 is 16.0 Å². The molecule has 1 atom stereocenters. The van der Waals surface area contributed by atoms with Gasteiger partial charge in [0.15, 0.2) is 0 Å². The van der Waals surface area contributed by atoms with Crippen LogP contribution in [0.1, 0.15) is 201 Å². The van der Waals surface area contributed by atoms with E-state index in [0.717, 1.165) is 44.9 Å². The van der Waals surface area contributed by atoms with Crippen molar-refractivity contribution in [3.8, 4) is 0 Å². The van der Waals surface area contributed by atoms with Crippen molar-refractivity contribution in [3.63, 3.8) is 0 Å². The van der Waals surface area contributed by atoms with E-state index in [-0.39, 0.29) is 17.7 Å². The Balaban J connectivity index is 3.94. The molecule has 0 bridgehead atoms. The molecule has 0 aliphatic carbocycles. The first-order valence-corrected chi connectivity index (χ1v) is 18.9. The smallest absolute Gasteiger partial charge is 0.242 e. The van der Waals surface area contributed by atoms with Gasteiger partial charge in [-0.3, -0.25) is 14.4 Å². The van der Waals surface area contributed by atoms with E-state index in [0.29, 0.717) is 32.4 Å². The Bertz CT molecular complexity index is 641. The van der Waals surface area contributed by atoms with Crippen molar-refractivity contribution in [1.82, 2.24) is 16.0 Å². The Morgan fingerprint density at radius 1 is 0.419 bits per heavy atom. The zero-order valence-corrected chi connectivity index (χ0v) is 29.0. The zero-order valence-electron chi connectivity index (χ0n) is 29.0. The van der Waals surface area contributed by atoms with E-state index in [2.05, 4.69) is 29.8 Å². The standard InChI is InChI=1S/C37H73N3O3/c1-4-7-9-11-13-15-17-19-21-23-25-30-35(41)38-33-28-27-29-34(37(43)39-32-6-3)40-36(42)31-26-24-22-20-18-16-14-12-10-8-5-2/h34H,4-33H2,1-3H3,(H,38,41)(H,39,43)(H,40,42)/t34-/m0/s1. The summed E-state index contributed by atoms with van der Waals surface area (Å²) in [6.45, 7) is 7.80. The Labute approximate surface area is 267 Å². The van der Waals surface area contributed by atoms with E-state index in [1.165, 1.54) is 116 Å². The highest BCUT2D eigenvalue weighted by molar-refractivity contribution is 5.87. The lowest BCUT2D eigenvalue weighted by atomic mass is 10.0. The van der Waals surface area contributed by atoms with Gasteiger partial charge < -0.3 is 16.0 Å². The van der Waals surface area contributed by atoms with E-state index in [4.69, 9.17) is 0 Å². The maximum absolute atomic E-state index is 12.7. The number of carbonyl (C=O) groups is 3. The number of rotatable bonds is 33. The molecule has 0 aromatic carbocycles. The summed E-state index contributed by atoms with van der Waals surface area (Å²) in [4.78, 5) is 37.4. The van der Waals surface area contributed by atoms with Gasteiger partial charge in [0.2, 0.25) is 17.7 Å². The molecule has 3 amide bonds. The third-order valence-corrected chi connectivity index (χ3v) is 8.46. The molecule has 0 aliphatic rings. The van der Waals surface area contributed by atoms with E-state index in [1.807, 2.05) is 6.92 Å². The molecule has 0 aromatic heterocycles. The molecule has 6 heteroatoms. The van der Waals surface area contributed by atoms with Gasteiger partial charge in [-0.1, -0.05) is 149 Å². The first-order valence-electron chi connectivity index (χ1n) is 18.9. The minimum Gasteiger partial charge on any atom is -0.356 e. The van der Waals surface area contributed by atoms with E-state index in [1.54, 1.807) is 0 Å². The molecule has 0 saturated heterocycles.